The van der Waals surface area contributed by atoms with Crippen LogP contribution in [0.4, 0.5) is 0 Å². The predicted molar refractivity (Wildman–Crippen MR) is 96.3 cm³/mol. The molecule has 2 aliphatic rings. The van der Waals surface area contributed by atoms with E-state index in [4.69, 9.17) is 0 Å². The largest absolute Gasteiger partial charge is 0.343 e. The standard InChI is InChI=1S/C19H25BrN2/c1-13-15-12-14(20)6-7-16(15)22-11-8-19(2,3)18(17(13)22)21-9-4-5-10-21/h6-7,12,18H,4-5,8-11H2,1-3H3. The van der Waals surface area contributed by atoms with Crippen molar-refractivity contribution in [3.8, 4) is 0 Å². The van der Waals surface area contributed by atoms with Crippen molar-refractivity contribution in [1.29, 1.82) is 0 Å². The molecule has 0 bridgehead atoms. The zero-order chi connectivity index (χ0) is 15.5. The van der Waals surface area contributed by atoms with E-state index < -0.39 is 0 Å². The van der Waals surface area contributed by atoms with Crippen LogP contribution in [0.1, 0.15) is 50.4 Å². The van der Waals surface area contributed by atoms with E-state index in [-0.39, 0.29) is 0 Å². The first-order chi connectivity index (χ1) is 10.5. The third-order valence-electron chi connectivity index (χ3n) is 5.81. The molecule has 3 heterocycles. The van der Waals surface area contributed by atoms with Crippen molar-refractivity contribution in [3.63, 3.8) is 0 Å². The molecule has 0 radical (unpaired) electrons. The minimum absolute atomic E-state index is 0.358. The van der Waals surface area contributed by atoms with Crippen molar-refractivity contribution in [1.82, 2.24) is 9.47 Å². The fourth-order valence-corrected chi connectivity index (χ4v) is 5.04. The third kappa shape index (κ3) is 2.09. The molecule has 1 aromatic carbocycles. The molecule has 0 N–H and O–H groups in total. The van der Waals surface area contributed by atoms with Gasteiger partial charge in [0.25, 0.3) is 0 Å². The van der Waals surface area contributed by atoms with Gasteiger partial charge in [-0.2, -0.15) is 0 Å². The molecule has 2 aromatic rings. The van der Waals surface area contributed by atoms with E-state index in [0.29, 0.717) is 11.5 Å². The average molecular weight is 361 g/mol. The second kappa shape index (κ2) is 5.10. The summed E-state index contributed by atoms with van der Waals surface area (Å²) in [6, 6.07) is 7.33. The molecule has 2 nitrogen and oxygen atoms in total. The molecule has 2 aliphatic heterocycles. The Labute approximate surface area is 141 Å². The predicted octanol–water partition coefficient (Wildman–Crippen LogP) is 5.28. The highest BCUT2D eigenvalue weighted by Gasteiger charge is 2.42. The Balaban J connectivity index is 1.95. The van der Waals surface area contributed by atoms with Crippen molar-refractivity contribution in [2.45, 2.75) is 52.6 Å². The number of hydrogen-bond acceptors (Lipinski definition) is 1. The van der Waals surface area contributed by atoms with Gasteiger partial charge in [-0.05, 0) is 68.5 Å². The molecule has 1 fully saturated rings. The van der Waals surface area contributed by atoms with Gasteiger partial charge in [0.05, 0.1) is 6.04 Å². The molecule has 118 valence electrons. The molecular formula is C19H25BrN2. The number of fused-ring (bicyclic) bond motifs is 3. The lowest BCUT2D eigenvalue weighted by Gasteiger charge is -2.45. The highest BCUT2D eigenvalue weighted by Crippen LogP contribution is 2.49. The summed E-state index contributed by atoms with van der Waals surface area (Å²) in [7, 11) is 0. The van der Waals surface area contributed by atoms with E-state index in [9.17, 15) is 0 Å². The minimum Gasteiger partial charge on any atom is -0.343 e. The third-order valence-corrected chi connectivity index (χ3v) is 6.31. The zero-order valence-electron chi connectivity index (χ0n) is 13.8. The van der Waals surface area contributed by atoms with Crippen molar-refractivity contribution in [2.75, 3.05) is 13.1 Å². The van der Waals surface area contributed by atoms with Crippen LogP contribution in [0.2, 0.25) is 0 Å². The van der Waals surface area contributed by atoms with Crippen LogP contribution in [0.15, 0.2) is 22.7 Å². The summed E-state index contributed by atoms with van der Waals surface area (Å²) in [5.41, 5.74) is 4.83. The Hall–Kier alpha value is -0.800. The topological polar surface area (TPSA) is 8.17 Å². The molecule has 4 rings (SSSR count). The van der Waals surface area contributed by atoms with E-state index in [1.165, 1.54) is 53.3 Å². The van der Waals surface area contributed by atoms with Gasteiger partial charge in [0, 0.05) is 27.6 Å². The Kier molecular flexibility index (Phi) is 3.43. The number of likely N-dealkylation sites (tertiary alicyclic amines) is 1. The second-order valence-electron chi connectivity index (χ2n) is 7.71. The van der Waals surface area contributed by atoms with Gasteiger partial charge in [-0.25, -0.2) is 0 Å². The SMILES string of the molecule is Cc1c2n(c3ccc(Br)cc13)CCC(C)(C)C2N1CCCC1. The minimum atomic E-state index is 0.358. The fraction of sp³-hybridized carbons (Fsp3) is 0.579. The first kappa shape index (κ1) is 14.8. The maximum absolute atomic E-state index is 3.64. The van der Waals surface area contributed by atoms with Gasteiger partial charge in [-0.1, -0.05) is 29.8 Å². The number of nitrogens with zero attached hydrogens (tertiary/aromatic N) is 2. The molecule has 3 heteroatoms. The molecule has 0 spiro atoms. The van der Waals surface area contributed by atoms with Crippen LogP contribution < -0.4 is 0 Å². The summed E-state index contributed by atoms with van der Waals surface area (Å²) in [6.07, 6.45) is 3.98. The van der Waals surface area contributed by atoms with Crippen molar-refractivity contribution in [2.24, 2.45) is 5.41 Å². The molecule has 22 heavy (non-hydrogen) atoms. The summed E-state index contributed by atoms with van der Waals surface area (Å²) in [5.74, 6) is 0. The highest BCUT2D eigenvalue weighted by atomic mass is 79.9. The molecule has 1 atom stereocenters. The summed E-state index contributed by atoms with van der Waals surface area (Å²) in [6.45, 7) is 10.9. The van der Waals surface area contributed by atoms with Crippen molar-refractivity contribution in [3.05, 3.63) is 33.9 Å². The van der Waals surface area contributed by atoms with Gasteiger partial charge in [-0.3, -0.25) is 4.90 Å². The molecule has 1 aromatic heterocycles. The number of hydrogen-bond donors (Lipinski definition) is 0. The van der Waals surface area contributed by atoms with Crippen LogP contribution in [-0.4, -0.2) is 22.6 Å². The van der Waals surface area contributed by atoms with Crippen molar-refractivity contribution >= 4 is 26.8 Å². The quantitative estimate of drug-likeness (QED) is 0.671. The lowest BCUT2D eigenvalue weighted by molar-refractivity contribution is 0.0729. The molecular weight excluding hydrogens is 336 g/mol. The van der Waals surface area contributed by atoms with Crippen LogP contribution in [-0.2, 0) is 6.54 Å². The van der Waals surface area contributed by atoms with Crippen LogP contribution in [0.25, 0.3) is 10.9 Å². The lowest BCUT2D eigenvalue weighted by atomic mass is 9.75. The van der Waals surface area contributed by atoms with Crippen LogP contribution in [0.3, 0.4) is 0 Å². The number of aryl methyl sites for hydroxylation is 2. The number of benzene rings is 1. The van der Waals surface area contributed by atoms with Gasteiger partial charge in [0.15, 0.2) is 0 Å². The maximum atomic E-state index is 3.64. The number of rotatable bonds is 1. The van der Waals surface area contributed by atoms with Crippen LogP contribution >= 0.6 is 15.9 Å². The highest BCUT2D eigenvalue weighted by molar-refractivity contribution is 9.10. The summed E-state index contributed by atoms with van der Waals surface area (Å²) in [4.78, 5) is 2.74. The number of halogens is 1. The van der Waals surface area contributed by atoms with Crippen LogP contribution in [0.5, 0.6) is 0 Å². The van der Waals surface area contributed by atoms with E-state index in [1.807, 2.05) is 0 Å². The smallest absolute Gasteiger partial charge is 0.0555 e. The summed E-state index contributed by atoms with van der Waals surface area (Å²) >= 11 is 3.64. The van der Waals surface area contributed by atoms with Gasteiger partial charge >= 0.3 is 0 Å². The summed E-state index contributed by atoms with van der Waals surface area (Å²) in [5, 5.41) is 1.42. The fourth-order valence-electron chi connectivity index (χ4n) is 4.68. The Morgan fingerprint density at radius 1 is 1.14 bits per heavy atom. The Bertz CT molecular complexity index is 723. The van der Waals surface area contributed by atoms with Crippen LogP contribution in [0, 0.1) is 12.3 Å². The normalized spacial score (nSPS) is 24.8. The monoisotopic (exact) mass is 360 g/mol. The average Bonchev–Trinajstić information content (AvgIpc) is 3.07. The lowest BCUT2D eigenvalue weighted by Crippen LogP contribution is -2.41. The van der Waals surface area contributed by atoms with Gasteiger partial charge in [0.1, 0.15) is 0 Å². The van der Waals surface area contributed by atoms with E-state index in [2.05, 4.69) is 64.4 Å². The van der Waals surface area contributed by atoms with Crippen molar-refractivity contribution < 1.29 is 0 Å². The second-order valence-corrected chi connectivity index (χ2v) is 8.62. The van der Waals surface area contributed by atoms with Gasteiger partial charge < -0.3 is 4.57 Å². The Morgan fingerprint density at radius 3 is 2.59 bits per heavy atom. The Morgan fingerprint density at radius 2 is 1.86 bits per heavy atom. The summed E-state index contributed by atoms with van der Waals surface area (Å²) < 4.78 is 3.79. The molecule has 0 aliphatic carbocycles. The first-order valence-electron chi connectivity index (χ1n) is 8.51. The first-order valence-corrected chi connectivity index (χ1v) is 9.31. The number of aromatic nitrogens is 1. The molecule has 0 amide bonds. The maximum Gasteiger partial charge on any atom is 0.0555 e. The van der Waals surface area contributed by atoms with Gasteiger partial charge in [-0.15, -0.1) is 0 Å². The van der Waals surface area contributed by atoms with E-state index in [0.717, 1.165) is 6.54 Å². The van der Waals surface area contributed by atoms with E-state index >= 15 is 0 Å². The molecule has 0 saturated carbocycles. The molecule has 1 saturated heterocycles. The zero-order valence-corrected chi connectivity index (χ0v) is 15.4. The van der Waals surface area contributed by atoms with Gasteiger partial charge in [0.2, 0.25) is 0 Å². The van der Waals surface area contributed by atoms with E-state index in [1.54, 1.807) is 5.69 Å². The molecule has 1 unspecified atom stereocenters.